The summed E-state index contributed by atoms with van der Waals surface area (Å²) in [5.41, 5.74) is 0.988. The number of rotatable bonds is 8. The van der Waals surface area contributed by atoms with E-state index in [1.54, 1.807) is 31.2 Å². The van der Waals surface area contributed by atoms with Gasteiger partial charge in [-0.05, 0) is 48.9 Å². The Labute approximate surface area is 209 Å². The summed E-state index contributed by atoms with van der Waals surface area (Å²) in [4.78, 5) is 42.0. The summed E-state index contributed by atoms with van der Waals surface area (Å²) >= 11 is 0. The Morgan fingerprint density at radius 2 is 1.58 bits per heavy atom. The Morgan fingerprint density at radius 1 is 1.00 bits per heavy atom. The second kappa shape index (κ2) is 10.3. The van der Waals surface area contributed by atoms with E-state index in [1.807, 2.05) is 36.4 Å². The van der Waals surface area contributed by atoms with Crippen LogP contribution in [0.25, 0.3) is 0 Å². The number of hydrogen-bond donors (Lipinski definition) is 1. The Morgan fingerprint density at radius 3 is 2.17 bits per heavy atom. The van der Waals surface area contributed by atoms with Crippen molar-refractivity contribution in [2.24, 2.45) is 5.14 Å². The van der Waals surface area contributed by atoms with Gasteiger partial charge in [-0.15, -0.1) is 0 Å². The topological polar surface area (TPSA) is 127 Å². The average Bonchev–Trinajstić information content (AvgIpc) is 3.16. The predicted molar refractivity (Wildman–Crippen MR) is 132 cm³/mol. The standard InChI is InChI=1S/C26H25N3O6S/c1-18(19-8-4-2-5-9-19)28(25(31)17-35-21-10-6-3-7-11-21)23-16-24(30)29(26(23)32)20-12-14-22(15-13-20)36(27,33)34/h2-15,18,23H,16-17H2,1H3,(H2,27,33,34). The predicted octanol–water partition coefficient (Wildman–Crippen LogP) is 2.63. The number of benzene rings is 3. The van der Waals surface area contributed by atoms with Crippen molar-refractivity contribution < 1.29 is 27.5 Å². The molecule has 2 atom stereocenters. The molecule has 36 heavy (non-hydrogen) atoms. The van der Waals surface area contributed by atoms with Crippen LogP contribution in [-0.4, -0.2) is 43.7 Å². The first kappa shape index (κ1) is 25.1. The SMILES string of the molecule is CC(c1ccccc1)N(C(=O)COc1ccccc1)C1CC(=O)N(c2ccc(S(N)(=O)=O)cc2)C1=O. The Hall–Kier alpha value is -4.02. The van der Waals surface area contributed by atoms with Gasteiger partial charge in [0.15, 0.2) is 6.61 Å². The van der Waals surface area contributed by atoms with E-state index >= 15 is 0 Å². The molecule has 3 aromatic rings. The van der Waals surface area contributed by atoms with E-state index in [0.717, 1.165) is 10.5 Å². The van der Waals surface area contributed by atoms with E-state index in [0.29, 0.717) is 5.75 Å². The normalized spacial score (nSPS) is 16.6. The van der Waals surface area contributed by atoms with Crippen LogP contribution in [0.2, 0.25) is 0 Å². The highest BCUT2D eigenvalue weighted by atomic mass is 32.2. The number of amides is 3. The lowest BCUT2D eigenvalue weighted by Crippen LogP contribution is -2.48. The van der Waals surface area contributed by atoms with Crippen LogP contribution in [-0.2, 0) is 24.4 Å². The van der Waals surface area contributed by atoms with Gasteiger partial charge >= 0.3 is 0 Å². The van der Waals surface area contributed by atoms with Crippen molar-refractivity contribution >= 4 is 33.4 Å². The van der Waals surface area contributed by atoms with Crippen LogP contribution in [0.1, 0.15) is 24.9 Å². The van der Waals surface area contributed by atoms with Crippen molar-refractivity contribution in [1.29, 1.82) is 0 Å². The molecule has 3 aromatic carbocycles. The monoisotopic (exact) mass is 507 g/mol. The first-order chi connectivity index (χ1) is 17.2. The third-order valence-corrected chi connectivity index (χ3v) is 6.90. The maximum absolute atomic E-state index is 13.5. The number of ether oxygens (including phenoxy) is 1. The second-order valence-corrected chi connectivity index (χ2v) is 9.88. The summed E-state index contributed by atoms with van der Waals surface area (Å²) < 4.78 is 28.8. The molecule has 2 unspecified atom stereocenters. The maximum atomic E-state index is 13.5. The molecule has 4 rings (SSSR count). The summed E-state index contributed by atoms with van der Waals surface area (Å²) in [6, 6.07) is 21.5. The fourth-order valence-corrected chi connectivity index (χ4v) is 4.69. The van der Waals surface area contributed by atoms with E-state index in [9.17, 15) is 22.8 Å². The molecule has 0 saturated carbocycles. The largest absolute Gasteiger partial charge is 0.484 e. The summed E-state index contributed by atoms with van der Waals surface area (Å²) in [7, 11) is -3.93. The van der Waals surface area contributed by atoms with Gasteiger partial charge < -0.3 is 9.64 Å². The molecule has 1 fully saturated rings. The number of carbonyl (C=O) groups is 3. The van der Waals surface area contributed by atoms with E-state index in [-0.39, 0.29) is 23.6 Å². The Balaban J connectivity index is 1.62. The van der Waals surface area contributed by atoms with Crippen LogP contribution in [0.4, 0.5) is 5.69 Å². The van der Waals surface area contributed by atoms with Gasteiger partial charge in [-0.3, -0.25) is 14.4 Å². The van der Waals surface area contributed by atoms with Gasteiger partial charge in [-0.2, -0.15) is 0 Å². The summed E-state index contributed by atoms with van der Waals surface area (Å²) in [6.07, 6.45) is -0.218. The van der Waals surface area contributed by atoms with Crippen molar-refractivity contribution in [1.82, 2.24) is 4.90 Å². The number of hydrogen-bond acceptors (Lipinski definition) is 6. The lowest BCUT2D eigenvalue weighted by molar-refractivity contribution is -0.142. The lowest BCUT2D eigenvalue weighted by Gasteiger charge is -2.33. The molecule has 0 aliphatic carbocycles. The van der Waals surface area contributed by atoms with E-state index in [2.05, 4.69) is 0 Å². The van der Waals surface area contributed by atoms with Crippen LogP contribution >= 0.6 is 0 Å². The van der Waals surface area contributed by atoms with E-state index in [1.165, 1.54) is 29.2 Å². The lowest BCUT2D eigenvalue weighted by atomic mass is 10.0. The minimum absolute atomic E-state index is 0.144. The van der Waals surface area contributed by atoms with Crippen molar-refractivity contribution in [3.63, 3.8) is 0 Å². The molecule has 1 saturated heterocycles. The molecule has 1 aliphatic heterocycles. The zero-order valence-corrected chi connectivity index (χ0v) is 20.3. The number of imide groups is 1. The van der Waals surface area contributed by atoms with Crippen LogP contribution < -0.4 is 14.8 Å². The van der Waals surface area contributed by atoms with Crippen molar-refractivity contribution in [3.8, 4) is 5.75 Å². The van der Waals surface area contributed by atoms with Gasteiger partial charge in [0, 0.05) is 0 Å². The number of nitrogens with zero attached hydrogens (tertiary/aromatic N) is 2. The molecule has 3 amide bonds. The first-order valence-electron chi connectivity index (χ1n) is 11.2. The maximum Gasteiger partial charge on any atom is 0.261 e. The van der Waals surface area contributed by atoms with Crippen molar-refractivity contribution in [2.75, 3.05) is 11.5 Å². The fraction of sp³-hybridized carbons (Fsp3) is 0.192. The Kier molecular flexibility index (Phi) is 7.18. The molecule has 186 valence electrons. The van der Waals surface area contributed by atoms with Gasteiger partial charge in [0.25, 0.3) is 11.8 Å². The fourth-order valence-electron chi connectivity index (χ4n) is 4.18. The van der Waals surface area contributed by atoms with E-state index in [4.69, 9.17) is 9.88 Å². The quantitative estimate of drug-likeness (QED) is 0.467. The zero-order chi connectivity index (χ0) is 25.9. The average molecular weight is 508 g/mol. The molecule has 10 heteroatoms. The number of primary sulfonamides is 1. The first-order valence-corrected chi connectivity index (χ1v) is 12.7. The van der Waals surface area contributed by atoms with Crippen LogP contribution in [0.3, 0.4) is 0 Å². The minimum Gasteiger partial charge on any atom is -0.484 e. The summed E-state index contributed by atoms with van der Waals surface area (Å²) in [5, 5.41) is 5.14. The Bertz CT molecular complexity index is 1360. The molecule has 0 bridgehead atoms. The molecule has 2 N–H and O–H groups in total. The molecule has 9 nitrogen and oxygen atoms in total. The number of para-hydroxylation sites is 1. The van der Waals surface area contributed by atoms with Crippen LogP contribution in [0.5, 0.6) is 5.75 Å². The summed E-state index contributed by atoms with van der Waals surface area (Å²) in [6.45, 7) is 1.47. The van der Waals surface area contributed by atoms with Crippen molar-refractivity contribution in [2.45, 2.75) is 30.3 Å². The number of nitrogens with two attached hydrogens (primary N) is 1. The molecule has 1 heterocycles. The van der Waals surface area contributed by atoms with Gasteiger partial charge in [-0.25, -0.2) is 18.5 Å². The molecule has 0 aromatic heterocycles. The summed E-state index contributed by atoms with van der Waals surface area (Å²) in [5.74, 6) is -1.04. The van der Waals surface area contributed by atoms with Crippen molar-refractivity contribution in [3.05, 3.63) is 90.5 Å². The second-order valence-electron chi connectivity index (χ2n) is 8.32. The smallest absolute Gasteiger partial charge is 0.261 e. The molecule has 1 aliphatic rings. The molecule has 0 radical (unpaired) electrons. The molecule has 0 spiro atoms. The van der Waals surface area contributed by atoms with E-state index < -0.39 is 39.8 Å². The van der Waals surface area contributed by atoms with Gasteiger partial charge in [0.05, 0.1) is 23.0 Å². The molecular weight excluding hydrogens is 482 g/mol. The highest BCUT2D eigenvalue weighted by Gasteiger charge is 2.46. The third kappa shape index (κ3) is 5.29. The minimum atomic E-state index is -3.93. The van der Waals surface area contributed by atoms with Gasteiger partial charge in [0.2, 0.25) is 15.9 Å². The highest BCUT2D eigenvalue weighted by molar-refractivity contribution is 7.89. The third-order valence-electron chi connectivity index (χ3n) is 5.97. The number of sulfonamides is 1. The van der Waals surface area contributed by atoms with Gasteiger partial charge in [-0.1, -0.05) is 48.5 Å². The zero-order valence-electron chi connectivity index (χ0n) is 19.5. The molecular formula is C26H25N3O6S. The van der Waals surface area contributed by atoms with Crippen LogP contribution in [0, 0.1) is 0 Å². The van der Waals surface area contributed by atoms with Crippen LogP contribution in [0.15, 0.2) is 89.8 Å². The van der Waals surface area contributed by atoms with Gasteiger partial charge in [0.1, 0.15) is 11.8 Å². The number of anilines is 1. The number of carbonyl (C=O) groups excluding carboxylic acids is 3. The highest BCUT2D eigenvalue weighted by Crippen LogP contribution is 2.31.